The maximum atomic E-state index is 8.90. The van der Waals surface area contributed by atoms with Gasteiger partial charge in [-0.05, 0) is 32.2 Å². The van der Waals surface area contributed by atoms with E-state index in [4.69, 9.17) is 14.7 Å². The Morgan fingerprint density at radius 3 is 2.88 bits per heavy atom. The molecule has 92 valence electrons. The Balaban J connectivity index is 2.05. The van der Waals surface area contributed by atoms with Crippen LogP contribution in [0.2, 0.25) is 0 Å². The molecule has 0 radical (unpaired) electrons. The van der Waals surface area contributed by atoms with Gasteiger partial charge in [0, 0.05) is 19.8 Å². The number of nitrogens with one attached hydrogen (secondary N) is 1. The molecule has 0 bridgehead atoms. The van der Waals surface area contributed by atoms with E-state index < -0.39 is 0 Å². The fourth-order valence-electron chi connectivity index (χ4n) is 1.73. The van der Waals surface area contributed by atoms with E-state index >= 15 is 0 Å². The van der Waals surface area contributed by atoms with Gasteiger partial charge in [-0.1, -0.05) is 6.92 Å². The van der Waals surface area contributed by atoms with Gasteiger partial charge in [-0.2, -0.15) is 5.26 Å². The van der Waals surface area contributed by atoms with Gasteiger partial charge in [0.05, 0.1) is 18.2 Å². The minimum Gasteiger partial charge on any atom is -0.381 e. The van der Waals surface area contributed by atoms with Crippen LogP contribution in [-0.4, -0.2) is 38.5 Å². The predicted octanol–water partition coefficient (Wildman–Crippen LogP) is 1.46. The monoisotopic (exact) mass is 226 g/mol. The Hall–Kier alpha value is -0.630. The number of rotatable bonds is 7. The summed E-state index contributed by atoms with van der Waals surface area (Å²) in [5, 5.41) is 12.1. The minimum atomic E-state index is -0.0696. The standard InChI is InChI=1S/C12H22N2O2/c1-2-6-14-11(10-13)3-9-16-12-4-7-15-8-5-12/h11-12,14H,2-9H2,1H3. The van der Waals surface area contributed by atoms with Crippen LogP contribution in [0.4, 0.5) is 0 Å². The Morgan fingerprint density at radius 2 is 2.25 bits per heavy atom. The molecule has 0 spiro atoms. The second-order valence-electron chi connectivity index (χ2n) is 4.11. The summed E-state index contributed by atoms with van der Waals surface area (Å²) in [4.78, 5) is 0. The average Bonchev–Trinajstić information content (AvgIpc) is 2.35. The number of nitrogens with zero attached hydrogens (tertiary/aromatic N) is 1. The molecule has 1 heterocycles. The topological polar surface area (TPSA) is 54.3 Å². The molecule has 0 aliphatic carbocycles. The van der Waals surface area contributed by atoms with Crippen molar-refractivity contribution >= 4 is 0 Å². The Morgan fingerprint density at radius 1 is 1.50 bits per heavy atom. The summed E-state index contributed by atoms with van der Waals surface area (Å²) in [6.07, 6.45) is 4.13. The van der Waals surface area contributed by atoms with Gasteiger partial charge in [0.25, 0.3) is 0 Å². The lowest BCUT2D eigenvalue weighted by atomic mass is 10.1. The molecule has 1 rings (SSSR count). The Kier molecular flexibility index (Phi) is 7.15. The molecule has 1 atom stereocenters. The highest BCUT2D eigenvalue weighted by Crippen LogP contribution is 2.10. The van der Waals surface area contributed by atoms with Crippen LogP contribution in [-0.2, 0) is 9.47 Å². The third kappa shape index (κ3) is 5.45. The van der Waals surface area contributed by atoms with Crippen LogP contribution in [0.15, 0.2) is 0 Å². The molecule has 1 saturated heterocycles. The van der Waals surface area contributed by atoms with E-state index in [-0.39, 0.29) is 6.04 Å². The first-order valence-corrected chi connectivity index (χ1v) is 6.19. The number of hydrogen-bond donors (Lipinski definition) is 1. The van der Waals surface area contributed by atoms with Crippen LogP contribution in [0.25, 0.3) is 0 Å². The molecule has 0 aromatic carbocycles. The lowest BCUT2D eigenvalue weighted by Crippen LogP contribution is -2.31. The third-order valence-corrected chi connectivity index (χ3v) is 2.72. The summed E-state index contributed by atoms with van der Waals surface area (Å²) in [6.45, 7) is 5.27. The predicted molar refractivity (Wildman–Crippen MR) is 62.1 cm³/mol. The van der Waals surface area contributed by atoms with Gasteiger partial charge in [0.1, 0.15) is 0 Å². The molecule has 0 aromatic heterocycles. The van der Waals surface area contributed by atoms with E-state index in [0.29, 0.717) is 12.7 Å². The van der Waals surface area contributed by atoms with Crippen molar-refractivity contribution in [2.24, 2.45) is 0 Å². The molecule has 1 N–H and O–H groups in total. The number of ether oxygens (including phenoxy) is 2. The van der Waals surface area contributed by atoms with E-state index in [0.717, 1.165) is 45.4 Å². The fourth-order valence-corrected chi connectivity index (χ4v) is 1.73. The maximum absolute atomic E-state index is 8.90. The van der Waals surface area contributed by atoms with Crippen LogP contribution in [0, 0.1) is 11.3 Å². The van der Waals surface area contributed by atoms with Crippen molar-refractivity contribution in [2.45, 2.75) is 44.8 Å². The Labute approximate surface area is 97.9 Å². The number of nitriles is 1. The second-order valence-corrected chi connectivity index (χ2v) is 4.11. The van der Waals surface area contributed by atoms with Gasteiger partial charge >= 0.3 is 0 Å². The molecular weight excluding hydrogens is 204 g/mol. The summed E-state index contributed by atoms with van der Waals surface area (Å²) in [5.41, 5.74) is 0. The zero-order valence-electron chi connectivity index (χ0n) is 10.1. The Bertz CT molecular complexity index is 210. The van der Waals surface area contributed by atoms with Gasteiger partial charge in [-0.25, -0.2) is 0 Å². The highest BCUT2D eigenvalue weighted by atomic mass is 16.5. The van der Waals surface area contributed by atoms with Crippen molar-refractivity contribution in [3.8, 4) is 6.07 Å². The molecule has 1 aliphatic heterocycles. The average molecular weight is 226 g/mol. The smallest absolute Gasteiger partial charge is 0.0975 e. The molecule has 4 nitrogen and oxygen atoms in total. The molecule has 1 fully saturated rings. The van der Waals surface area contributed by atoms with E-state index in [2.05, 4.69) is 18.3 Å². The van der Waals surface area contributed by atoms with Gasteiger partial charge in [0.2, 0.25) is 0 Å². The van der Waals surface area contributed by atoms with Crippen LogP contribution in [0.5, 0.6) is 0 Å². The molecule has 0 saturated carbocycles. The molecular formula is C12H22N2O2. The lowest BCUT2D eigenvalue weighted by Gasteiger charge is -2.22. The zero-order valence-corrected chi connectivity index (χ0v) is 10.1. The summed E-state index contributed by atoms with van der Waals surface area (Å²) >= 11 is 0. The van der Waals surface area contributed by atoms with E-state index in [9.17, 15) is 0 Å². The minimum absolute atomic E-state index is 0.0696. The van der Waals surface area contributed by atoms with Crippen molar-refractivity contribution < 1.29 is 9.47 Å². The largest absolute Gasteiger partial charge is 0.381 e. The maximum Gasteiger partial charge on any atom is 0.0975 e. The van der Waals surface area contributed by atoms with Crippen molar-refractivity contribution in [2.75, 3.05) is 26.4 Å². The fraction of sp³-hybridized carbons (Fsp3) is 0.917. The van der Waals surface area contributed by atoms with Crippen LogP contribution >= 0.6 is 0 Å². The normalized spacial score (nSPS) is 19.2. The van der Waals surface area contributed by atoms with Crippen molar-refractivity contribution in [3.63, 3.8) is 0 Å². The van der Waals surface area contributed by atoms with Gasteiger partial charge < -0.3 is 14.8 Å². The van der Waals surface area contributed by atoms with Gasteiger partial charge in [-0.15, -0.1) is 0 Å². The van der Waals surface area contributed by atoms with Crippen LogP contribution < -0.4 is 5.32 Å². The molecule has 1 aliphatic rings. The van der Waals surface area contributed by atoms with E-state index in [1.165, 1.54) is 0 Å². The molecule has 0 aromatic rings. The van der Waals surface area contributed by atoms with Crippen molar-refractivity contribution in [1.29, 1.82) is 5.26 Å². The van der Waals surface area contributed by atoms with Crippen LogP contribution in [0.1, 0.15) is 32.6 Å². The highest BCUT2D eigenvalue weighted by Gasteiger charge is 2.14. The van der Waals surface area contributed by atoms with Crippen molar-refractivity contribution in [1.82, 2.24) is 5.32 Å². The van der Waals surface area contributed by atoms with E-state index in [1.54, 1.807) is 0 Å². The van der Waals surface area contributed by atoms with Crippen LogP contribution in [0.3, 0.4) is 0 Å². The molecule has 0 amide bonds. The first kappa shape index (κ1) is 13.4. The molecule has 1 unspecified atom stereocenters. The first-order chi connectivity index (χ1) is 7.86. The SMILES string of the molecule is CCCNC(C#N)CCOC1CCOCC1. The lowest BCUT2D eigenvalue weighted by molar-refractivity contribution is -0.0331. The quantitative estimate of drug-likeness (QED) is 0.714. The number of hydrogen-bond acceptors (Lipinski definition) is 4. The first-order valence-electron chi connectivity index (χ1n) is 6.19. The van der Waals surface area contributed by atoms with Gasteiger partial charge in [-0.3, -0.25) is 0 Å². The van der Waals surface area contributed by atoms with Crippen molar-refractivity contribution in [3.05, 3.63) is 0 Å². The summed E-state index contributed by atoms with van der Waals surface area (Å²) in [6, 6.07) is 2.19. The zero-order chi connectivity index (χ0) is 11.6. The highest BCUT2D eigenvalue weighted by molar-refractivity contribution is 4.89. The summed E-state index contributed by atoms with van der Waals surface area (Å²) in [7, 11) is 0. The van der Waals surface area contributed by atoms with Gasteiger partial charge in [0.15, 0.2) is 0 Å². The second kappa shape index (κ2) is 8.51. The summed E-state index contributed by atoms with van der Waals surface area (Å²) in [5.74, 6) is 0. The third-order valence-electron chi connectivity index (χ3n) is 2.72. The molecule has 16 heavy (non-hydrogen) atoms. The van der Waals surface area contributed by atoms with E-state index in [1.807, 2.05) is 0 Å². The summed E-state index contributed by atoms with van der Waals surface area (Å²) < 4.78 is 11.0. The molecule has 4 heteroatoms.